The second-order valence-corrected chi connectivity index (χ2v) is 4.14. The van der Waals surface area contributed by atoms with Crippen LogP contribution in [0.3, 0.4) is 0 Å². The molecule has 1 N–H and O–H groups in total. The van der Waals surface area contributed by atoms with E-state index < -0.39 is 0 Å². The molecule has 2 unspecified atom stereocenters. The molecular weight excluding hydrogens is 150 g/mol. The molecule has 12 heavy (non-hydrogen) atoms. The third kappa shape index (κ3) is 1.50. The minimum absolute atomic E-state index is 0.550. The zero-order chi connectivity index (χ0) is 8.39. The first-order valence-electron chi connectivity index (χ1n) is 5.15. The molecule has 1 aliphatic heterocycles. The lowest BCUT2D eigenvalue weighted by Crippen LogP contribution is -2.36. The Hall–Kier alpha value is -0.0800. The van der Waals surface area contributed by atoms with Gasteiger partial charge in [0.15, 0.2) is 0 Å². The standard InChI is InChI=1S/C10H19NO/c1-12-10(8-3-2-4-8)9-5-6-11-7-9/h8-11H,2-7H2,1H3. The molecule has 1 heterocycles. The van der Waals surface area contributed by atoms with Crippen molar-refractivity contribution in [3.8, 4) is 0 Å². The third-order valence-corrected chi connectivity index (χ3v) is 3.45. The molecule has 0 radical (unpaired) electrons. The van der Waals surface area contributed by atoms with Crippen LogP contribution < -0.4 is 5.32 Å². The first kappa shape index (κ1) is 8.52. The van der Waals surface area contributed by atoms with Crippen molar-refractivity contribution in [3.63, 3.8) is 0 Å². The van der Waals surface area contributed by atoms with E-state index in [1.807, 2.05) is 7.11 Å². The summed E-state index contributed by atoms with van der Waals surface area (Å²) in [6.07, 6.45) is 6.08. The molecule has 0 spiro atoms. The van der Waals surface area contributed by atoms with Crippen LogP contribution in [0.25, 0.3) is 0 Å². The molecule has 0 amide bonds. The Morgan fingerprint density at radius 3 is 2.50 bits per heavy atom. The zero-order valence-electron chi connectivity index (χ0n) is 7.88. The second kappa shape index (κ2) is 3.75. The fraction of sp³-hybridized carbons (Fsp3) is 1.00. The lowest BCUT2D eigenvalue weighted by Gasteiger charge is -2.36. The van der Waals surface area contributed by atoms with E-state index in [1.165, 1.54) is 38.8 Å². The Kier molecular flexibility index (Phi) is 2.66. The summed E-state index contributed by atoms with van der Waals surface area (Å²) in [4.78, 5) is 0. The Bertz CT molecular complexity index is 139. The van der Waals surface area contributed by atoms with Gasteiger partial charge in [-0.2, -0.15) is 0 Å². The topological polar surface area (TPSA) is 21.3 Å². The van der Waals surface area contributed by atoms with Gasteiger partial charge in [0.25, 0.3) is 0 Å². The maximum Gasteiger partial charge on any atom is 0.0640 e. The van der Waals surface area contributed by atoms with Crippen LogP contribution in [0, 0.1) is 11.8 Å². The van der Waals surface area contributed by atoms with Gasteiger partial charge in [-0.25, -0.2) is 0 Å². The molecule has 70 valence electrons. The second-order valence-electron chi connectivity index (χ2n) is 4.14. The first-order chi connectivity index (χ1) is 5.92. The van der Waals surface area contributed by atoms with Crippen LogP contribution in [-0.4, -0.2) is 26.3 Å². The van der Waals surface area contributed by atoms with Crippen molar-refractivity contribution in [2.45, 2.75) is 31.8 Å². The third-order valence-electron chi connectivity index (χ3n) is 3.45. The van der Waals surface area contributed by atoms with E-state index in [9.17, 15) is 0 Å². The molecular formula is C10H19NO. The van der Waals surface area contributed by atoms with Crippen LogP contribution >= 0.6 is 0 Å². The molecule has 2 nitrogen and oxygen atoms in total. The SMILES string of the molecule is COC(C1CCC1)C1CCNC1. The van der Waals surface area contributed by atoms with Crippen molar-refractivity contribution in [1.82, 2.24) is 5.32 Å². The molecule has 2 rings (SSSR count). The maximum absolute atomic E-state index is 5.60. The van der Waals surface area contributed by atoms with E-state index in [-0.39, 0.29) is 0 Å². The summed E-state index contributed by atoms with van der Waals surface area (Å²) in [7, 11) is 1.88. The highest BCUT2D eigenvalue weighted by atomic mass is 16.5. The minimum Gasteiger partial charge on any atom is -0.381 e. The van der Waals surface area contributed by atoms with Gasteiger partial charge in [0.05, 0.1) is 6.10 Å². The van der Waals surface area contributed by atoms with Crippen LogP contribution in [-0.2, 0) is 4.74 Å². The Morgan fingerprint density at radius 2 is 2.08 bits per heavy atom. The van der Waals surface area contributed by atoms with Crippen LogP contribution in [0.4, 0.5) is 0 Å². The fourth-order valence-corrected chi connectivity index (χ4v) is 2.50. The maximum atomic E-state index is 5.60. The van der Waals surface area contributed by atoms with Gasteiger partial charge in [-0.15, -0.1) is 0 Å². The molecule has 1 saturated heterocycles. The summed E-state index contributed by atoms with van der Waals surface area (Å²) in [5.41, 5.74) is 0. The van der Waals surface area contributed by atoms with Crippen LogP contribution in [0.2, 0.25) is 0 Å². The van der Waals surface area contributed by atoms with E-state index >= 15 is 0 Å². The summed E-state index contributed by atoms with van der Waals surface area (Å²) in [6.45, 7) is 2.37. The molecule has 2 heteroatoms. The van der Waals surface area contributed by atoms with Gasteiger partial charge >= 0.3 is 0 Å². The molecule has 0 aromatic carbocycles. The number of nitrogens with one attached hydrogen (secondary N) is 1. The highest BCUT2D eigenvalue weighted by molar-refractivity contribution is 4.87. The van der Waals surface area contributed by atoms with Crippen molar-refractivity contribution in [1.29, 1.82) is 0 Å². The summed E-state index contributed by atoms with van der Waals surface area (Å²) in [6, 6.07) is 0. The van der Waals surface area contributed by atoms with Crippen molar-refractivity contribution in [3.05, 3.63) is 0 Å². The van der Waals surface area contributed by atoms with Crippen molar-refractivity contribution >= 4 is 0 Å². The predicted octanol–water partition coefficient (Wildman–Crippen LogP) is 1.41. The van der Waals surface area contributed by atoms with Crippen molar-refractivity contribution < 1.29 is 4.74 Å². The molecule has 0 aromatic rings. The Balaban J connectivity index is 1.87. The summed E-state index contributed by atoms with van der Waals surface area (Å²) < 4.78 is 5.60. The number of ether oxygens (including phenoxy) is 1. The number of hydrogen-bond donors (Lipinski definition) is 1. The highest BCUT2D eigenvalue weighted by Crippen LogP contribution is 2.35. The Labute approximate surface area is 74.7 Å². The fourth-order valence-electron chi connectivity index (χ4n) is 2.50. The zero-order valence-corrected chi connectivity index (χ0v) is 7.88. The lowest BCUT2D eigenvalue weighted by molar-refractivity contribution is -0.0162. The number of hydrogen-bond acceptors (Lipinski definition) is 2. The largest absolute Gasteiger partial charge is 0.381 e. The van der Waals surface area contributed by atoms with Crippen molar-refractivity contribution in [2.24, 2.45) is 11.8 Å². The van der Waals surface area contributed by atoms with E-state index in [0.29, 0.717) is 6.10 Å². The highest BCUT2D eigenvalue weighted by Gasteiger charge is 2.34. The number of rotatable bonds is 3. The minimum atomic E-state index is 0.550. The van der Waals surface area contributed by atoms with Gasteiger partial charge in [-0.05, 0) is 37.6 Å². The van der Waals surface area contributed by atoms with Gasteiger partial charge in [0.2, 0.25) is 0 Å². The van der Waals surface area contributed by atoms with E-state index in [2.05, 4.69) is 5.32 Å². The summed E-state index contributed by atoms with van der Waals surface area (Å²) >= 11 is 0. The van der Waals surface area contributed by atoms with Crippen LogP contribution in [0.5, 0.6) is 0 Å². The monoisotopic (exact) mass is 169 g/mol. The van der Waals surface area contributed by atoms with E-state index in [0.717, 1.165) is 11.8 Å². The lowest BCUT2D eigenvalue weighted by atomic mass is 9.76. The average Bonchev–Trinajstić information content (AvgIpc) is 2.47. The molecule has 0 bridgehead atoms. The molecule has 1 saturated carbocycles. The molecule has 2 fully saturated rings. The van der Waals surface area contributed by atoms with Gasteiger partial charge in [0.1, 0.15) is 0 Å². The molecule has 1 aliphatic carbocycles. The van der Waals surface area contributed by atoms with Crippen LogP contribution in [0.1, 0.15) is 25.7 Å². The average molecular weight is 169 g/mol. The van der Waals surface area contributed by atoms with Gasteiger partial charge in [-0.3, -0.25) is 0 Å². The normalized spacial score (nSPS) is 33.2. The molecule has 0 aromatic heterocycles. The Morgan fingerprint density at radius 1 is 1.25 bits per heavy atom. The predicted molar refractivity (Wildman–Crippen MR) is 49.1 cm³/mol. The van der Waals surface area contributed by atoms with Gasteiger partial charge in [-0.1, -0.05) is 6.42 Å². The van der Waals surface area contributed by atoms with E-state index in [4.69, 9.17) is 4.74 Å². The smallest absolute Gasteiger partial charge is 0.0640 e. The quantitative estimate of drug-likeness (QED) is 0.689. The summed E-state index contributed by atoms with van der Waals surface area (Å²) in [5, 5.41) is 3.41. The van der Waals surface area contributed by atoms with Gasteiger partial charge in [0, 0.05) is 13.7 Å². The molecule has 2 atom stereocenters. The summed E-state index contributed by atoms with van der Waals surface area (Å²) in [5.74, 6) is 1.67. The van der Waals surface area contributed by atoms with E-state index in [1.54, 1.807) is 0 Å². The molecule has 2 aliphatic rings. The first-order valence-corrected chi connectivity index (χ1v) is 5.15. The van der Waals surface area contributed by atoms with Crippen LogP contribution in [0.15, 0.2) is 0 Å². The number of methoxy groups -OCH3 is 1. The van der Waals surface area contributed by atoms with Gasteiger partial charge < -0.3 is 10.1 Å². The van der Waals surface area contributed by atoms with Crippen molar-refractivity contribution in [2.75, 3.05) is 20.2 Å².